The molecule has 0 saturated carbocycles. The number of hydrogen-bond donors (Lipinski definition) is 1. The Kier molecular flexibility index (Phi) is 5.91. The molecule has 126 valence electrons. The highest BCUT2D eigenvalue weighted by molar-refractivity contribution is 9.10. The van der Waals surface area contributed by atoms with Gasteiger partial charge in [-0.05, 0) is 45.6 Å². The van der Waals surface area contributed by atoms with Crippen molar-refractivity contribution in [3.8, 4) is 11.5 Å². The minimum atomic E-state index is 0.456. The summed E-state index contributed by atoms with van der Waals surface area (Å²) in [6, 6.07) is 15.8. The quantitative estimate of drug-likeness (QED) is 0.742. The van der Waals surface area contributed by atoms with E-state index in [0.29, 0.717) is 26.3 Å². The van der Waals surface area contributed by atoms with Crippen molar-refractivity contribution in [2.75, 3.05) is 19.7 Å². The van der Waals surface area contributed by atoms with Crippen molar-refractivity contribution in [1.82, 2.24) is 5.06 Å². The highest BCUT2D eigenvalue weighted by Gasteiger charge is 2.11. The Balaban J connectivity index is 1.60. The largest absolute Gasteiger partial charge is 0.489 e. The fourth-order valence-corrected chi connectivity index (χ4v) is 2.86. The zero-order valence-corrected chi connectivity index (χ0v) is 14.9. The molecule has 0 aliphatic carbocycles. The van der Waals surface area contributed by atoms with Crippen LogP contribution >= 0.6 is 15.9 Å². The first kappa shape index (κ1) is 17.0. The van der Waals surface area contributed by atoms with Crippen molar-refractivity contribution in [3.63, 3.8) is 0 Å². The molecule has 0 unspecified atom stereocenters. The fourth-order valence-electron chi connectivity index (χ4n) is 2.50. The molecule has 4 nitrogen and oxygen atoms in total. The van der Waals surface area contributed by atoms with Crippen LogP contribution in [0.3, 0.4) is 0 Å². The van der Waals surface area contributed by atoms with Gasteiger partial charge >= 0.3 is 0 Å². The van der Waals surface area contributed by atoms with Crippen molar-refractivity contribution < 1.29 is 14.7 Å². The third-order valence-corrected chi connectivity index (χ3v) is 4.43. The molecule has 0 fully saturated rings. The molecule has 0 atom stereocenters. The van der Waals surface area contributed by atoms with Crippen molar-refractivity contribution in [2.24, 2.45) is 0 Å². The van der Waals surface area contributed by atoms with Crippen LogP contribution in [0.25, 0.3) is 0 Å². The summed E-state index contributed by atoms with van der Waals surface area (Å²) in [6.07, 6.45) is 2.97. The molecule has 0 amide bonds. The van der Waals surface area contributed by atoms with Crippen LogP contribution in [0.15, 0.2) is 64.7 Å². The molecule has 1 heterocycles. The molecule has 0 bridgehead atoms. The molecular weight excluding hydrogens is 370 g/mol. The standard InChI is InChI=1S/C19H20BrNO3/c20-18-9-8-17(23-13-15-5-2-1-3-6-15)11-19(18)24-14-16-7-4-10-21(22)12-16/h1-3,5-9,11,22H,4,10,12-14H2. The minimum absolute atomic E-state index is 0.456. The highest BCUT2D eigenvalue weighted by Crippen LogP contribution is 2.30. The first-order valence-electron chi connectivity index (χ1n) is 7.91. The molecule has 0 spiro atoms. The van der Waals surface area contributed by atoms with E-state index in [-0.39, 0.29) is 0 Å². The lowest BCUT2D eigenvalue weighted by atomic mass is 10.1. The highest BCUT2D eigenvalue weighted by atomic mass is 79.9. The molecule has 5 heteroatoms. The van der Waals surface area contributed by atoms with Gasteiger partial charge in [-0.1, -0.05) is 36.4 Å². The van der Waals surface area contributed by atoms with E-state index in [4.69, 9.17) is 9.47 Å². The smallest absolute Gasteiger partial charge is 0.137 e. The Bertz CT molecular complexity index is 703. The predicted molar refractivity (Wildman–Crippen MR) is 96.5 cm³/mol. The second-order valence-electron chi connectivity index (χ2n) is 5.69. The first-order chi connectivity index (χ1) is 11.7. The maximum atomic E-state index is 9.56. The number of hydrogen-bond acceptors (Lipinski definition) is 4. The average Bonchev–Trinajstić information content (AvgIpc) is 2.61. The Morgan fingerprint density at radius 3 is 2.67 bits per heavy atom. The number of ether oxygens (including phenoxy) is 2. The van der Waals surface area contributed by atoms with Crippen LogP contribution in [0.2, 0.25) is 0 Å². The van der Waals surface area contributed by atoms with Gasteiger partial charge in [-0.15, -0.1) is 0 Å². The summed E-state index contributed by atoms with van der Waals surface area (Å²) in [4.78, 5) is 0. The van der Waals surface area contributed by atoms with E-state index in [1.54, 1.807) is 0 Å². The molecule has 1 N–H and O–H groups in total. The molecule has 2 aromatic carbocycles. The lowest BCUT2D eigenvalue weighted by Gasteiger charge is -2.21. The van der Waals surface area contributed by atoms with E-state index >= 15 is 0 Å². The van der Waals surface area contributed by atoms with Gasteiger partial charge in [0, 0.05) is 19.2 Å². The van der Waals surface area contributed by atoms with E-state index in [1.165, 1.54) is 5.06 Å². The third-order valence-electron chi connectivity index (χ3n) is 3.77. The Hall–Kier alpha value is -1.82. The molecule has 0 saturated heterocycles. The first-order valence-corrected chi connectivity index (χ1v) is 8.71. The summed E-state index contributed by atoms with van der Waals surface area (Å²) >= 11 is 3.50. The van der Waals surface area contributed by atoms with E-state index in [9.17, 15) is 5.21 Å². The lowest BCUT2D eigenvalue weighted by Crippen LogP contribution is -2.28. The van der Waals surface area contributed by atoms with Crippen LogP contribution in [0.1, 0.15) is 12.0 Å². The topological polar surface area (TPSA) is 41.9 Å². The number of halogens is 1. The predicted octanol–water partition coefficient (Wildman–Crippen LogP) is 4.43. The maximum absolute atomic E-state index is 9.56. The summed E-state index contributed by atoms with van der Waals surface area (Å²) in [5.74, 6) is 1.50. The molecule has 3 rings (SSSR count). The number of hydroxylamine groups is 2. The molecule has 0 radical (unpaired) electrons. The van der Waals surface area contributed by atoms with Crippen molar-refractivity contribution in [3.05, 3.63) is 70.2 Å². The number of nitrogens with zero attached hydrogens (tertiary/aromatic N) is 1. The molecule has 1 aliphatic rings. The van der Waals surface area contributed by atoms with Crippen LogP contribution in [0.4, 0.5) is 0 Å². The van der Waals surface area contributed by atoms with Crippen molar-refractivity contribution >= 4 is 15.9 Å². The summed E-state index contributed by atoms with van der Waals surface area (Å²) < 4.78 is 12.6. The van der Waals surface area contributed by atoms with Gasteiger partial charge < -0.3 is 14.7 Å². The van der Waals surface area contributed by atoms with Gasteiger partial charge in [-0.2, -0.15) is 5.06 Å². The molecule has 2 aromatic rings. The van der Waals surface area contributed by atoms with Gasteiger partial charge in [-0.3, -0.25) is 0 Å². The van der Waals surface area contributed by atoms with Crippen LogP contribution < -0.4 is 9.47 Å². The Morgan fingerprint density at radius 2 is 1.88 bits per heavy atom. The van der Waals surface area contributed by atoms with E-state index in [0.717, 1.165) is 33.5 Å². The second kappa shape index (κ2) is 8.33. The molecule has 0 aromatic heterocycles. The lowest BCUT2D eigenvalue weighted by molar-refractivity contribution is -0.0856. The summed E-state index contributed by atoms with van der Waals surface area (Å²) in [7, 11) is 0. The zero-order valence-electron chi connectivity index (χ0n) is 13.3. The molecule has 24 heavy (non-hydrogen) atoms. The van der Waals surface area contributed by atoms with Gasteiger partial charge in [0.15, 0.2) is 0 Å². The van der Waals surface area contributed by atoms with Crippen molar-refractivity contribution in [1.29, 1.82) is 0 Å². The second-order valence-corrected chi connectivity index (χ2v) is 6.55. The van der Waals surface area contributed by atoms with Crippen LogP contribution in [0.5, 0.6) is 11.5 Å². The average molecular weight is 390 g/mol. The number of rotatable bonds is 6. The van der Waals surface area contributed by atoms with Gasteiger partial charge in [0.2, 0.25) is 0 Å². The van der Waals surface area contributed by atoms with Gasteiger partial charge in [0.1, 0.15) is 24.7 Å². The maximum Gasteiger partial charge on any atom is 0.137 e. The molecule has 1 aliphatic heterocycles. The van der Waals surface area contributed by atoms with Crippen molar-refractivity contribution in [2.45, 2.75) is 13.0 Å². The third kappa shape index (κ3) is 4.84. The van der Waals surface area contributed by atoms with Gasteiger partial charge in [-0.25, -0.2) is 0 Å². The van der Waals surface area contributed by atoms with Crippen LogP contribution in [-0.2, 0) is 6.61 Å². The molecular formula is C19H20BrNO3. The van der Waals surface area contributed by atoms with E-state index in [1.807, 2.05) is 48.5 Å². The van der Waals surface area contributed by atoms with E-state index < -0.39 is 0 Å². The zero-order chi connectivity index (χ0) is 16.8. The van der Waals surface area contributed by atoms with E-state index in [2.05, 4.69) is 22.0 Å². The monoisotopic (exact) mass is 389 g/mol. The summed E-state index contributed by atoms with van der Waals surface area (Å²) in [5.41, 5.74) is 2.20. The Labute approximate surface area is 150 Å². The minimum Gasteiger partial charge on any atom is -0.489 e. The summed E-state index contributed by atoms with van der Waals surface area (Å²) in [6.45, 7) is 2.18. The van der Waals surface area contributed by atoms with Crippen LogP contribution in [0, 0.1) is 0 Å². The van der Waals surface area contributed by atoms with Gasteiger partial charge in [0.25, 0.3) is 0 Å². The Morgan fingerprint density at radius 1 is 1.04 bits per heavy atom. The normalized spacial score (nSPS) is 15.0. The summed E-state index contributed by atoms with van der Waals surface area (Å²) in [5, 5.41) is 10.9. The SMILES string of the molecule is ON1CCC=C(COc2cc(OCc3ccccc3)ccc2Br)C1. The van der Waals surface area contributed by atoms with Gasteiger partial charge in [0.05, 0.1) is 4.47 Å². The number of benzene rings is 2. The van der Waals surface area contributed by atoms with Crippen LogP contribution in [-0.4, -0.2) is 30.0 Å². The fraction of sp³-hybridized carbons (Fsp3) is 0.263.